The van der Waals surface area contributed by atoms with E-state index in [0.29, 0.717) is 5.76 Å². The minimum absolute atomic E-state index is 0.411. The molecular formula is C15H26N2O2. The van der Waals surface area contributed by atoms with Crippen LogP contribution in [0, 0.1) is 0 Å². The molecule has 0 N–H and O–H groups in total. The molecule has 1 aromatic rings. The molecule has 1 rings (SSSR count). The first-order valence-electron chi connectivity index (χ1n) is 7.22. The van der Waals surface area contributed by atoms with Crippen LogP contribution in [0.4, 0.5) is 0 Å². The fraction of sp³-hybridized carbons (Fsp3) is 0.667. The van der Waals surface area contributed by atoms with Crippen LogP contribution in [0.15, 0.2) is 16.5 Å². The summed E-state index contributed by atoms with van der Waals surface area (Å²) in [6.07, 6.45) is 1.91. The molecule has 0 aromatic carbocycles. The zero-order chi connectivity index (χ0) is 14.1. The molecule has 0 bridgehead atoms. The maximum Gasteiger partial charge on any atom is 0.185 e. The van der Waals surface area contributed by atoms with Gasteiger partial charge in [-0.15, -0.1) is 0 Å². The van der Waals surface area contributed by atoms with E-state index in [1.165, 1.54) is 0 Å². The molecule has 0 saturated carbocycles. The Morgan fingerprint density at radius 1 is 1.05 bits per heavy atom. The Morgan fingerprint density at radius 2 is 1.68 bits per heavy atom. The largest absolute Gasteiger partial charge is 0.457 e. The molecule has 0 fully saturated rings. The summed E-state index contributed by atoms with van der Waals surface area (Å²) in [6.45, 7) is 12.8. The van der Waals surface area contributed by atoms with Crippen LogP contribution in [0.25, 0.3) is 0 Å². The summed E-state index contributed by atoms with van der Waals surface area (Å²) >= 11 is 0. The first kappa shape index (κ1) is 15.9. The molecule has 0 unspecified atom stereocenters. The molecule has 4 nitrogen and oxygen atoms in total. The quantitative estimate of drug-likeness (QED) is 0.610. The lowest BCUT2D eigenvalue weighted by molar-refractivity contribution is 0.109. The van der Waals surface area contributed by atoms with Crippen LogP contribution in [-0.4, -0.2) is 48.8 Å². The highest BCUT2D eigenvalue weighted by molar-refractivity contribution is 5.70. The molecule has 0 saturated heterocycles. The number of carbonyl (C=O) groups is 1. The smallest absolute Gasteiger partial charge is 0.185 e. The third-order valence-electron chi connectivity index (χ3n) is 3.47. The van der Waals surface area contributed by atoms with Crippen molar-refractivity contribution >= 4 is 6.29 Å². The molecule has 0 radical (unpaired) electrons. The standard InChI is InChI=1S/C15H26N2O2/c1-4-16(5-2)10-7-11-17(6-3)12-14-8-9-15(13-18)19-14/h8-9,13H,4-7,10-12H2,1-3H3. The number of carbonyl (C=O) groups excluding carboxylic acids is 1. The van der Waals surface area contributed by atoms with Crippen molar-refractivity contribution in [3.8, 4) is 0 Å². The molecule has 0 amide bonds. The third kappa shape index (κ3) is 5.57. The average molecular weight is 266 g/mol. The predicted octanol–water partition coefficient (Wildman–Crippen LogP) is 2.65. The molecule has 0 spiro atoms. The Bertz CT molecular complexity index is 359. The van der Waals surface area contributed by atoms with Crippen molar-refractivity contribution in [2.75, 3.05) is 32.7 Å². The van der Waals surface area contributed by atoms with Gasteiger partial charge in [0.1, 0.15) is 5.76 Å². The second-order valence-corrected chi connectivity index (χ2v) is 4.67. The number of nitrogens with zero attached hydrogens (tertiary/aromatic N) is 2. The lowest BCUT2D eigenvalue weighted by atomic mass is 10.3. The summed E-state index contributed by atoms with van der Waals surface area (Å²) < 4.78 is 5.41. The van der Waals surface area contributed by atoms with E-state index >= 15 is 0 Å². The van der Waals surface area contributed by atoms with Gasteiger partial charge < -0.3 is 9.32 Å². The fourth-order valence-electron chi connectivity index (χ4n) is 2.17. The van der Waals surface area contributed by atoms with Gasteiger partial charge in [-0.25, -0.2) is 0 Å². The van der Waals surface area contributed by atoms with Crippen LogP contribution in [0.5, 0.6) is 0 Å². The number of hydrogen-bond donors (Lipinski definition) is 0. The van der Waals surface area contributed by atoms with E-state index in [1.54, 1.807) is 6.07 Å². The number of rotatable bonds is 10. The molecule has 4 heteroatoms. The van der Waals surface area contributed by atoms with Crippen LogP contribution in [0.3, 0.4) is 0 Å². The van der Waals surface area contributed by atoms with Crippen molar-refractivity contribution < 1.29 is 9.21 Å². The summed E-state index contributed by atoms with van der Waals surface area (Å²) in [6, 6.07) is 3.61. The molecule has 108 valence electrons. The predicted molar refractivity (Wildman–Crippen MR) is 77.5 cm³/mol. The maximum absolute atomic E-state index is 10.6. The molecule has 0 aliphatic rings. The Labute approximate surface area is 116 Å². The molecule has 0 aliphatic heterocycles. The van der Waals surface area contributed by atoms with Gasteiger partial charge in [0, 0.05) is 0 Å². The monoisotopic (exact) mass is 266 g/mol. The van der Waals surface area contributed by atoms with Gasteiger partial charge in [0.15, 0.2) is 12.0 Å². The molecule has 0 atom stereocenters. The summed E-state index contributed by atoms with van der Waals surface area (Å²) in [5, 5.41) is 0. The third-order valence-corrected chi connectivity index (χ3v) is 3.47. The van der Waals surface area contributed by atoms with E-state index in [2.05, 4.69) is 30.6 Å². The van der Waals surface area contributed by atoms with E-state index in [-0.39, 0.29) is 0 Å². The van der Waals surface area contributed by atoms with Crippen molar-refractivity contribution in [3.05, 3.63) is 23.7 Å². The van der Waals surface area contributed by atoms with Crippen LogP contribution < -0.4 is 0 Å². The second-order valence-electron chi connectivity index (χ2n) is 4.67. The van der Waals surface area contributed by atoms with Crippen molar-refractivity contribution in [1.29, 1.82) is 0 Å². The summed E-state index contributed by atoms with van der Waals surface area (Å²) in [5.41, 5.74) is 0. The SMILES string of the molecule is CCN(CC)CCCN(CC)Cc1ccc(C=O)o1. The number of hydrogen-bond acceptors (Lipinski definition) is 4. The average Bonchev–Trinajstić information content (AvgIpc) is 2.90. The van der Waals surface area contributed by atoms with Gasteiger partial charge in [-0.2, -0.15) is 0 Å². The van der Waals surface area contributed by atoms with Crippen LogP contribution in [0.2, 0.25) is 0 Å². The Kier molecular flexibility index (Phi) is 7.45. The van der Waals surface area contributed by atoms with Gasteiger partial charge in [0.05, 0.1) is 6.54 Å². The lowest BCUT2D eigenvalue weighted by Gasteiger charge is -2.22. The van der Waals surface area contributed by atoms with Crippen molar-refractivity contribution in [2.24, 2.45) is 0 Å². The van der Waals surface area contributed by atoms with E-state index in [4.69, 9.17) is 4.42 Å². The van der Waals surface area contributed by atoms with Gasteiger partial charge in [0.2, 0.25) is 0 Å². The van der Waals surface area contributed by atoms with Gasteiger partial charge in [-0.3, -0.25) is 9.69 Å². The minimum Gasteiger partial charge on any atom is -0.457 e. The fourth-order valence-corrected chi connectivity index (χ4v) is 2.17. The first-order valence-corrected chi connectivity index (χ1v) is 7.22. The lowest BCUT2D eigenvalue weighted by Crippen LogP contribution is -2.29. The summed E-state index contributed by atoms with van der Waals surface area (Å²) in [5.74, 6) is 1.28. The molecular weight excluding hydrogens is 240 g/mol. The highest BCUT2D eigenvalue weighted by Gasteiger charge is 2.08. The Balaban J connectivity index is 2.34. The minimum atomic E-state index is 0.411. The normalized spacial score (nSPS) is 11.4. The first-order chi connectivity index (χ1) is 9.23. The van der Waals surface area contributed by atoms with Crippen molar-refractivity contribution in [2.45, 2.75) is 33.7 Å². The highest BCUT2D eigenvalue weighted by Crippen LogP contribution is 2.09. The summed E-state index contributed by atoms with van der Waals surface area (Å²) in [7, 11) is 0. The number of furan rings is 1. The van der Waals surface area contributed by atoms with Crippen molar-refractivity contribution in [3.63, 3.8) is 0 Å². The molecule has 1 heterocycles. The van der Waals surface area contributed by atoms with Crippen LogP contribution in [-0.2, 0) is 6.54 Å². The zero-order valence-electron chi connectivity index (χ0n) is 12.4. The van der Waals surface area contributed by atoms with Gasteiger partial charge in [-0.05, 0) is 51.3 Å². The summed E-state index contributed by atoms with van der Waals surface area (Å²) in [4.78, 5) is 15.4. The van der Waals surface area contributed by atoms with Crippen LogP contribution in [0.1, 0.15) is 43.5 Å². The zero-order valence-corrected chi connectivity index (χ0v) is 12.4. The molecule has 1 aromatic heterocycles. The van der Waals surface area contributed by atoms with E-state index in [9.17, 15) is 4.79 Å². The maximum atomic E-state index is 10.6. The van der Waals surface area contributed by atoms with E-state index in [1.807, 2.05) is 6.07 Å². The van der Waals surface area contributed by atoms with Crippen LogP contribution >= 0.6 is 0 Å². The second kappa shape index (κ2) is 8.88. The Morgan fingerprint density at radius 3 is 2.21 bits per heavy atom. The van der Waals surface area contributed by atoms with E-state index in [0.717, 1.165) is 57.7 Å². The van der Waals surface area contributed by atoms with Gasteiger partial charge in [0.25, 0.3) is 0 Å². The molecule has 19 heavy (non-hydrogen) atoms. The van der Waals surface area contributed by atoms with E-state index < -0.39 is 0 Å². The Hall–Kier alpha value is -1.13. The highest BCUT2D eigenvalue weighted by atomic mass is 16.3. The number of aldehydes is 1. The van der Waals surface area contributed by atoms with Gasteiger partial charge >= 0.3 is 0 Å². The molecule has 0 aliphatic carbocycles. The topological polar surface area (TPSA) is 36.7 Å². The van der Waals surface area contributed by atoms with Crippen molar-refractivity contribution in [1.82, 2.24) is 9.80 Å². The van der Waals surface area contributed by atoms with Gasteiger partial charge in [-0.1, -0.05) is 20.8 Å².